The minimum atomic E-state index is -4.21. The van der Waals surface area contributed by atoms with Gasteiger partial charge >= 0.3 is 0 Å². The minimum absolute atomic E-state index is 0.0219. The molecule has 1 fully saturated rings. The summed E-state index contributed by atoms with van der Waals surface area (Å²) in [5.41, 5.74) is 1.58. The van der Waals surface area contributed by atoms with Crippen molar-refractivity contribution in [3.63, 3.8) is 0 Å². The molecule has 7 nitrogen and oxygen atoms in total. The van der Waals surface area contributed by atoms with Crippen LogP contribution >= 0.6 is 34.8 Å². The Hall–Kier alpha value is -2.78. The van der Waals surface area contributed by atoms with Crippen LogP contribution in [0.25, 0.3) is 0 Å². The summed E-state index contributed by atoms with van der Waals surface area (Å²) < 4.78 is 29.0. The average molecular weight is 665 g/mol. The van der Waals surface area contributed by atoms with Crippen LogP contribution in [0.2, 0.25) is 15.1 Å². The highest BCUT2D eigenvalue weighted by Crippen LogP contribution is 2.30. The molecule has 0 heterocycles. The molecule has 0 unspecified atom stereocenters. The molecule has 1 saturated carbocycles. The zero-order chi connectivity index (χ0) is 31.1. The Kier molecular flexibility index (Phi) is 11.4. The van der Waals surface area contributed by atoms with E-state index in [1.807, 2.05) is 13.8 Å². The first kappa shape index (κ1) is 33.1. The molecule has 3 aromatic rings. The number of aryl methyl sites for hydroxylation is 1. The lowest BCUT2D eigenvalue weighted by atomic mass is 9.95. The van der Waals surface area contributed by atoms with Crippen LogP contribution in [0.4, 0.5) is 5.69 Å². The third-order valence-electron chi connectivity index (χ3n) is 7.71. The number of benzene rings is 3. The molecule has 1 atom stereocenters. The number of nitrogens with one attached hydrogen (secondary N) is 1. The van der Waals surface area contributed by atoms with Crippen molar-refractivity contribution in [3.05, 3.63) is 92.9 Å². The van der Waals surface area contributed by atoms with E-state index in [1.54, 1.807) is 48.5 Å². The van der Waals surface area contributed by atoms with Crippen LogP contribution in [0.3, 0.4) is 0 Å². The van der Waals surface area contributed by atoms with Gasteiger partial charge in [0.1, 0.15) is 12.6 Å². The summed E-state index contributed by atoms with van der Waals surface area (Å²) in [5.74, 6) is -0.876. The number of hydrogen-bond acceptors (Lipinski definition) is 4. The molecule has 1 aliphatic carbocycles. The van der Waals surface area contributed by atoms with Crippen LogP contribution in [0, 0.1) is 6.92 Å². The Morgan fingerprint density at radius 2 is 1.56 bits per heavy atom. The van der Waals surface area contributed by atoms with Crippen LogP contribution in [0.1, 0.15) is 56.6 Å². The van der Waals surface area contributed by atoms with Gasteiger partial charge in [0, 0.05) is 33.2 Å². The number of hydrogen-bond donors (Lipinski definition) is 1. The van der Waals surface area contributed by atoms with Crippen molar-refractivity contribution in [3.8, 4) is 0 Å². The van der Waals surface area contributed by atoms with Crippen molar-refractivity contribution in [2.45, 2.75) is 75.9 Å². The molecular formula is C32H36Cl3N3O4S. The maximum Gasteiger partial charge on any atom is 0.264 e. The Morgan fingerprint density at radius 1 is 0.930 bits per heavy atom. The summed E-state index contributed by atoms with van der Waals surface area (Å²) in [7, 11) is -4.21. The summed E-state index contributed by atoms with van der Waals surface area (Å²) >= 11 is 19.3. The van der Waals surface area contributed by atoms with Gasteiger partial charge in [-0.2, -0.15) is 0 Å². The lowest BCUT2D eigenvalue weighted by molar-refractivity contribution is -0.140. The Morgan fingerprint density at radius 3 is 2.16 bits per heavy atom. The molecule has 11 heteroatoms. The fourth-order valence-corrected chi connectivity index (χ4v) is 7.42. The number of rotatable bonds is 11. The molecule has 0 spiro atoms. The smallest absolute Gasteiger partial charge is 0.264 e. The summed E-state index contributed by atoms with van der Waals surface area (Å²) in [5, 5.41) is 4.12. The highest BCUT2D eigenvalue weighted by Gasteiger charge is 2.35. The summed E-state index contributed by atoms with van der Waals surface area (Å²) in [6, 6.07) is 16.9. The van der Waals surface area contributed by atoms with Crippen molar-refractivity contribution in [1.82, 2.24) is 10.2 Å². The molecule has 1 N–H and O–H groups in total. The van der Waals surface area contributed by atoms with Crippen molar-refractivity contribution in [1.29, 1.82) is 0 Å². The molecule has 43 heavy (non-hydrogen) atoms. The Labute approximate surface area is 269 Å². The maximum atomic E-state index is 14.3. The van der Waals surface area contributed by atoms with E-state index in [-0.39, 0.29) is 29.1 Å². The molecule has 0 aromatic heterocycles. The van der Waals surface area contributed by atoms with Gasteiger partial charge in [-0.15, -0.1) is 0 Å². The highest BCUT2D eigenvalue weighted by molar-refractivity contribution is 7.92. The summed E-state index contributed by atoms with van der Waals surface area (Å²) in [6.45, 7) is 3.01. The van der Waals surface area contributed by atoms with Crippen LogP contribution in [0.5, 0.6) is 0 Å². The number of halogens is 3. The summed E-state index contributed by atoms with van der Waals surface area (Å²) in [4.78, 5) is 29.4. The molecule has 0 radical (unpaired) electrons. The molecule has 3 aromatic carbocycles. The zero-order valence-corrected chi connectivity index (χ0v) is 27.3. The lowest BCUT2D eigenvalue weighted by Gasteiger charge is -2.34. The highest BCUT2D eigenvalue weighted by atomic mass is 35.5. The molecule has 0 aliphatic heterocycles. The van der Waals surface area contributed by atoms with Crippen LogP contribution < -0.4 is 9.62 Å². The predicted octanol–water partition coefficient (Wildman–Crippen LogP) is 7.41. The van der Waals surface area contributed by atoms with E-state index < -0.39 is 28.5 Å². The van der Waals surface area contributed by atoms with Crippen LogP contribution in [-0.4, -0.2) is 43.8 Å². The van der Waals surface area contributed by atoms with Gasteiger partial charge in [0.15, 0.2) is 0 Å². The topological polar surface area (TPSA) is 86.8 Å². The average Bonchev–Trinajstić information content (AvgIpc) is 2.97. The number of sulfonamides is 1. The molecule has 1 aliphatic rings. The van der Waals surface area contributed by atoms with Gasteiger partial charge in [0.2, 0.25) is 11.8 Å². The van der Waals surface area contributed by atoms with Gasteiger partial charge < -0.3 is 10.2 Å². The van der Waals surface area contributed by atoms with Crippen LogP contribution in [-0.2, 0) is 26.2 Å². The first-order valence-corrected chi connectivity index (χ1v) is 17.0. The Balaban J connectivity index is 1.74. The number of anilines is 1. The van der Waals surface area contributed by atoms with Crippen molar-refractivity contribution in [2.24, 2.45) is 0 Å². The second kappa shape index (κ2) is 14.8. The van der Waals surface area contributed by atoms with Gasteiger partial charge in [-0.3, -0.25) is 13.9 Å². The first-order chi connectivity index (χ1) is 20.5. The van der Waals surface area contributed by atoms with E-state index >= 15 is 0 Å². The van der Waals surface area contributed by atoms with Gasteiger partial charge in [-0.25, -0.2) is 8.42 Å². The predicted molar refractivity (Wildman–Crippen MR) is 173 cm³/mol. The second-order valence-electron chi connectivity index (χ2n) is 10.8. The van der Waals surface area contributed by atoms with E-state index in [4.69, 9.17) is 34.8 Å². The van der Waals surface area contributed by atoms with E-state index in [2.05, 4.69) is 5.32 Å². The number of amides is 2. The van der Waals surface area contributed by atoms with Crippen molar-refractivity contribution in [2.75, 3.05) is 10.8 Å². The van der Waals surface area contributed by atoms with Crippen molar-refractivity contribution < 1.29 is 18.0 Å². The SMILES string of the molecule is CC[C@@H](C(=O)NC1CCCCC1)N(Cc1c(Cl)cccc1Cl)C(=O)CN(c1cccc(Cl)c1)S(=O)(=O)c1ccc(C)cc1. The largest absolute Gasteiger partial charge is 0.352 e. The molecular weight excluding hydrogens is 629 g/mol. The third-order valence-corrected chi connectivity index (χ3v) is 10.4. The maximum absolute atomic E-state index is 14.3. The van der Waals surface area contributed by atoms with Gasteiger partial charge in [0.05, 0.1) is 10.6 Å². The molecule has 230 valence electrons. The molecule has 2 amide bonds. The van der Waals surface area contributed by atoms with Crippen LogP contribution in [0.15, 0.2) is 71.6 Å². The summed E-state index contributed by atoms with van der Waals surface area (Å²) in [6.07, 6.45) is 5.26. The first-order valence-electron chi connectivity index (χ1n) is 14.4. The fourth-order valence-electron chi connectivity index (χ4n) is 5.31. The van der Waals surface area contributed by atoms with Gasteiger partial charge in [-0.05, 0) is 68.7 Å². The molecule has 4 rings (SSSR count). The van der Waals surface area contributed by atoms with E-state index in [0.29, 0.717) is 27.1 Å². The standard InChI is InChI=1S/C32H36Cl3N3O4S/c1-3-30(32(40)36-24-10-5-4-6-11-24)37(20-27-28(34)13-8-14-29(27)35)31(39)21-38(25-12-7-9-23(33)19-25)43(41,42)26-17-15-22(2)16-18-26/h7-9,12-19,24,30H,3-6,10-11,20-21H2,1-2H3,(H,36,40)/t30-/m0/s1. The van der Waals surface area contributed by atoms with Crippen molar-refractivity contribution >= 4 is 62.3 Å². The second-order valence-corrected chi connectivity index (χ2v) is 13.9. The quantitative estimate of drug-likeness (QED) is 0.231. The Bertz CT molecular complexity index is 1520. The molecule has 0 saturated heterocycles. The van der Waals surface area contributed by atoms with E-state index in [1.165, 1.54) is 23.1 Å². The lowest BCUT2D eigenvalue weighted by Crippen LogP contribution is -2.54. The van der Waals surface area contributed by atoms with E-state index in [0.717, 1.165) is 42.0 Å². The third kappa shape index (κ3) is 8.24. The normalized spacial score (nSPS) is 14.6. The monoisotopic (exact) mass is 663 g/mol. The van der Waals surface area contributed by atoms with Gasteiger partial charge in [0.25, 0.3) is 10.0 Å². The number of carbonyl (C=O) groups is 2. The fraction of sp³-hybridized carbons (Fsp3) is 0.375. The number of nitrogens with zero attached hydrogens (tertiary/aromatic N) is 2. The minimum Gasteiger partial charge on any atom is -0.352 e. The van der Waals surface area contributed by atoms with E-state index in [9.17, 15) is 18.0 Å². The van der Waals surface area contributed by atoms with Gasteiger partial charge in [-0.1, -0.05) is 90.8 Å². The number of carbonyl (C=O) groups excluding carboxylic acids is 2. The zero-order valence-electron chi connectivity index (χ0n) is 24.2. The molecule has 0 bridgehead atoms.